The van der Waals surface area contributed by atoms with E-state index in [9.17, 15) is 4.39 Å². The minimum absolute atomic E-state index is 0.120. The van der Waals surface area contributed by atoms with Gasteiger partial charge in [0.2, 0.25) is 0 Å². The van der Waals surface area contributed by atoms with Crippen molar-refractivity contribution in [2.24, 2.45) is 0 Å². The van der Waals surface area contributed by atoms with Gasteiger partial charge in [-0.15, -0.1) is 0 Å². The molecular weight excluding hydrogens is 153 g/mol. The second-order valence-corrected chi connectivity index (χ2v) is 3.22. The molecule has 12 heavy (non-hydrogen) atoms. The molecule has 0 fully saturated rings. The van der Waals surface area contributed by atoms with Gasteiger partial charge in [0.15, 0.2) is 0 Å². The number of benzene rings is 1. The maximum Gasteiger partial charge on any atom is 0.123 e. The topological polar surface area (TPSA) is 12.0 Å². The van der Waals surface area contributed by atoms with Gasteiger partial charge in [0, 0.05) is 6.04 Å². The minimum atomic E-state index is -0.120. The molecule has 0 radical (unpaired) electrons. The summed E-state index contributed by atoms with van der Waals surface area (Å²) in [6, 6.07) is 5.50. The van der Waals surface area contributed by atoms with Crippen LogP contribution in [-0.2, 0) is 6.42 Å². The molecule has 1 atom stereocenters. The van der Waals surface area contributed by atoms with Crippen molar-refractivity contribution in [1.82, 2.24) is 5.32 Å². The van der Waals surface area contributed by atoms with Crippen LogP contribution in [0, 0.1) is 5.82 Å². The first kappa shape index (κ1) is 7.74. The molecule has 64 valence electrons. The van der Waals surface area contributed by atoms with Crippen molar-refractivity contribution in [3.05, 3.63) is 35.1 Å². The summed E-state index contributed by atoms with van der Waals surface area (Å²) in [5.41, 5.74) is 2.42. The molecule has 1 aliphatic rings. The van der Waals surface area contributed by atoms with Gasteiger partial charge in [0.1, 0.15) is 5.82 Å². The van der Waals surface area contributed by atoms with E-state index >= 15 is 0 Å². The average molecular weight is 165 g/mol. The normalized spacial score (nSPS) is 21.0. The van der Waals surface area contributed by atoms with Crippen LogP contribution in [0.2, 0.25) is 0 Å². The van der Waals surface area contributed by atoms with E-state index in [1.807, 2.05) is 13.1 Å². The summed E-state index contributed by atoms with van der Waals surface area (Å²) >= 11 is 0. The van der Waals surface area contributed by atoms with Crippen molar-refractivity contribution in [1.29, 1.82) is 0 Å². The lowest BCUT2D eigenvalue weighted by Gasteiger charge is -2.08. The first-order valence-corrected chi connectivity index (χ1v) is 4.27. The lowest BCUT2D eigenvalue weighted by Crippen LogP contribution is -2.12. The van der Waals surface area contributed by atoms with Crippen molar-refractivity contribution >= 4 is 0 Å². The molecule has 1 aromatic carbocycles. The highest BCUT2D eigenvalue weighted by Crippen LogP contribution is 2.30. The second-order valence-electron chi connectivity index (χ2n) is 3.22. The molecule has 1 aromatic rings. The Labute approximate surface area is 71.6 Å². The summed E-state index contributed by atoms with van der Waals surface area (Å²) in [7, 11) is 1.95. The number of fused-ring (bicyclic) bond motifs is 1. The molecule has 0 aromatic heterocycles. The number of aryl methyl sites for hydroxylation is 1. The maximum atomic E-state index is 12.8. The van der Waals surface area contributed by atoms with Gasteiger partial charge in [0.25, 0.3) is 0 Å². The smallest absolute Gasteiger partial charge is 0.123 e. The van der Waals surface area contributed by atoms with E-state index in [-0.39, 0.29) is 5.82 Å². The molecule has 0 spiro atoms. The molecule has 0 heterocycles. The largest absolute Gasteiger partial charge is 0.313 e. The lowest BCUT2D eigenvalue weighted by atomic mass is 10.1. The SMILES string of the molecule is CNC1CCc2cc(F)ccc21. The van der Waals surface area contributed by atoms with Crippen LogP contribution in [0.1, 0.15) is 23.6 Å². The van der Waals surface area contributed by atoms with Crippen LogP contribution >= 0.6 is 0 Å². The van der Waals surface area contributed by atoms with Gasteiger partial charge in [-0.2, -0.15) is 0 Å². The molecule has 0 saturated carbocycles. The van der Waals surface area contributed by atoms with E-state index in [2.05, 4.69) is 5.32 Å². The summed E-state index contributed by atoms with van der Waals surface area (Å²) in [5.74, 6) is -0.120. The highest BCUT2D eigenvalue weighted by Gasteiger charge is 2.20. The quantitative estimate of drug-likeness (QED) is 0.671. The van der Waals surface area contributed by atoms with Crippen LogP contribution < -0.4 is 5.32 Å². The molecule has 0 saturated heterocycles. The van der Waals surface area contributed by atoms with E-state index in [1.165, 1.54) is 11.6 Å². The van der Waals surface area contributed by atoms with E-state index in [1.54, 1.807) is 6.07 Å². The lowest BCUT2D eigenvalue weighted by molar-refractivity contribution is 0.590. The number of nitrogens with one attached hydrogen (secondary N) is 1. The third-order valence-electron chi connectivity index (χ3n) is 2.53. The van der Waals surface area contributed by atoms with Gasteiger partial charge >= 0.3 is 0 Å². The molecule has 1 unspecified atom stereocenters. The van der Waals surface area contributed by atoms with Crippen LogP contribution in [-0.4, -0.2) is 7.05 Å². The first-order valence-electron chi connectivity index (χ1n) is 4.27. The van der Waals surface area contributed by atoms with E-state index in [0.29, 0.717) is 6.04 Å². The molecule has 2 rings (SSSR count). The number of rotatable bonds is 1. The van der Waals surface area contributed by atoms with Crippen LogP contribution in [0.4, 0.5) is 4.39 Å². The summed E-state index contributed by atoms with van der Waals surface area (Å²) in [4.78, 5) is 0. The summed E-state index contributed by atoms with van der Waals surface area (Å²) in [6.45, 7) is 0. The predicted molar refractivity (Wildman–Crippen MR) is 46.5 cm³/mol. The fourth-order valence-electron chi connectivity index (χ4n) is 1.89. The minimum Gasteiger partial charge on any atom is -0.313 e. The van der Waals surface area contributed by atoms with Gasteiger partial charge in [-0.1, -0.05) is 6.07 Å². The predicted octanol–water partition coefficient (Wildman–Crippen LogP) is 2.03. The Morgan fingerprint density at radius 1 is 1.50 bits per heavy atom. The van der Waals surface area contributed by atoms with Crippen molar-refractivity contribution in [2.75, 3.05) is 7.05 Å². The zero-order valence-electron chi connectivity index (χ0n) is 7.10. The fourth-order valence-corrected chi connectivity index (χ4v) is 1.89. The van der Waals surface area contributed by atoms with Gasteiger partial charge in [-0.05, 0) is 43.1 Å². The summed E-state index contributed by atoms with van der Waals surface area (Å²) in [6.07, 6.45) is 2.09. The van der Waals surface area contributed by atoms with Gasteiger partial charge < -0.3 is 5.32 Å². The van der Waals surface area contributed by atoms with Crippen LogP contribution in [0.5, 0.6) is 0 Å². The van der Waals surface area contributed by atoms with Gasteiger partial charge in [0.05, 0.1) is 0 Å². The van der Waals surface area contributed by atoms with Crippen molar-refractivity contribution < 1.29 is 4.39 Å². The molecule has 0 amide bonds. The molecule has 0 bridgehead atoms. The highest BCUT2D eigenvalue weighted by atomic mass is 19.1. The Morgan fingerprint density at radius 2 is 2.33 bits per heavy atom. The molecule has 1 aliphatic carbocycles. The summed E-state index contributed by atoms with van der Waals surface area (Å²) in [5, 5.41) is 3.22. The standard InChI is InChI=1S/C10H12FN/c1-12-10-5-2-7-6-8(11)3-4-9(7)10/h3-4,6,10,12H,2,5H2,1H3. The van der Waals surface area contributed by atoms with Crippen molar-refractivity contribution in [3.8, 4) is 0 Å². The van der Waals surface area contributed by atoms with Crippen LogP contribution in [0.25, 0.3) is 0 Å². The Bertz CT molecular complexity index is 296. The number of hydrogen-bond acceptors (Lipinski definition) is 1. The van der Waals surface area contributed by atoms with Gasteiger partial charge in [-0.3, -0.25) is 0 Å². The van der Waals surface area contributed by atoms with E-state index in [0.717, 1.165) is 18.4 Å². The van der Waals surface area contributed by atoms with E-state index < -0.39 is 0 Å². The Morgan fingerprint density at radius 3 is 3.08 bits per heavy atom. The van der Waals surface area contributed by atoms with Gasteiger partial charge in [-0.25, -0.2) is 4.39 Å². The highest BCUT2D eigenvalue weighted by molar-refractivity contribution is 5.34. The fraction of sp³-hybridized carbons (Fsp3) is 0.400. The molecular formula is C10H12FN. The van der Waals surface area contributed by atoms with Crippen LogP contribution in [0.3, 0.4) is 0 Å². The first-order chi connectivity index (χ1) is 5.81. The Hall–Kier alpha value is -0.890. The molecule has 1 N–H and O–H groups in total. The third-order valence-corrected chi connectivity index (χ3v) is 2.53. The second kappa shape index (κ2) is 2.87. The van der Waals surface area contributed by atoms with Crippen molar-refractivity contribution in [3.63, 3.8) is 0 Å². The average Bonchev–Trinajstić information content (AvgIpc) is 2.46. The molecule has 0 aliphatic heterocycles. The van der Waals surface area contributed by atoms with Crippen LogP contribution in [0.15, 0.2) is 18.2 Å². The zero-order valence-corrected chi connectivity index (χ0v) is 7.10. The number of halogens is 1. The molecule has 1 nitrogen and oxygen atoms in total. The Kier molecular flexibility index (Phi) is 1.85. The zero-order chi connectivity index (χ0) is 8.55. The monoisotopic (exact) mass is 165 g/mol. The molecule has 2 heteroatoms. The number of hydrogen-bond donors (Lipinski definition) is 1. The maximum absolute atomic E-state index is 12.8. The summed E-state index contributed by atoms with van der Waals surface area (Å²) < 4.78 is 12.8. The Balaban J connectivity index is 2.40. The third kappa shape index (κ3) is 1.12. The van der Waals surface area contributed by atoms with Crippen molar-refractivity contribution in [2.45, 2.75) is 18.9 Å². The van der Waals surface area contributed by atoms with E-state index in [4.69, 9.17) is 0 Å².